The zero-order valence-electron chi connectivity index (χ0n) is 25.4. The molecular weight excluding hydrogens is 654 g/mol. The summed E-state index contributed by atoms with van der Waals surface area (Å²) >= 11 is 3.19. The van der Waals surface area contributed by atoms with Crippen molar-refractivity contribution < 1.29 is 24.3 Å². The Hall–Kier alpha value is -4.91. The van der Waals surface area contributed by atoms with Gasteiger partial charge in [-0.25, -0.2) is 4.79 Å². The average Bonchev–Trinajstić information content (AvgIpc) is 3.05. The molecule has 0 unspecified atom stereocenters. The molecule has 12 nitrogen and oxygen atoms in total. The van der Waals surface area contributed by atoms with Gasteiger partial charge in [0.1, 0.15) is 11.8 Å². The molecule has 3 aromatic rings. The fourth-order valence-corrected chi connectivity index (χ4v) is 4.84. The monoisotopic (exact) mass is 693 g/mol. The number of amides is 5. The van der Waals surface area contributed by atoms with Gasteiger partial charge in [-0.15, -0.1) is 0 Å². The zero-order chi connectivity index (χ0) is 33.1. The van der Waals surface area contributed by atoms with Gasteiger partial charge in [0.15, 0.2) is 5.96 Å². The number of rotatable bonds is 16. The third-order valence-corrected chi connectivity index (χ3v) is 7.19. The lowest BCUT2D eigenvalue weighted by molar-refractivity contribution is -0.129. The summed E-state index contributed by atoms with van der Waals surface area (Å²) in [6, 6.07) is 23.7. The standard InChI is InChI=1S/C33H40BrN7O5/c34-18-17-28(43)36-20-21-38-33(46)41-32(35)37-19-7-12-27(30(44)39-22-23-13-15-26(42)16-14-23)40-31(45)29(24-8-3-1-4-9-24)25-10-5-2-6-11-25/h1-6,8-11,13-16,27,29,42H,7,12,17-22H2,(H,36,43)(H,39,44)(H,40,45)(H4,35,37,38,41,46)/t27-/m1/s1. The number of nitrogens with one attached hydrogen (secondary N) is 5. The Morgan fingerprint density at radius 1 is 0.804 bits per heavy atom. The van der Waals surface area contributed by atoms with Crippen LogP contribution < -0.4 is 32.3 Å². The van der Waals surface area contributed by atoms with E-state index in [1.807, 2.05) is 60.7 Å². The van der Waals surface area contributed by atoms with Crippen LogP contribution in [0.25, 0.3) is 0 Å². The highest BCUT2D eigenvalue weighted by Gasteiger charge is 2.27. The molecule has 0 aliphatic heterocycles. The van der Waals surface area contributed by atoms with Crippen molar-refractivity contribution in [1.29, 1.82) is 0 Å². The van der Waals surface area contributed by atoms with Gasteiger partial charge in [0, 0.05) is 37.9 Å². The first-order chi connectivity index (χ1) is 22.3. The second-order valence-corrected chi connectivity index (χ2v) is 11.1. The number of nitrogens with zero attached hydrogens (tertiary/aromatic N) is 1. The summed E-state index contributed by atoms with van der Waals surface area (Å²) in [6.45, 7) is 0.873. The van der Waals surface area contributed by atoms with Crippen molar-refractivity contribution in [2.24, 2.45) is 10.7 Å². The molecule has 0 aliphatic carbocycles. The predicted octanol–water partition coefficient (Wildman–Crippen LogP) is 2.62. The highest BCUT2D eigenvalue weighted by atomic mass is 79.9. The summed E-state index contributed by atoms with van der Waals surface area (Å²) in [6.07, 6.45) is 0.972. The predicted molar refractivity (Wildman–Crippen MR) is 180 cm³/mol. The number of carbonyl (C=O) groups excluding carboxylic acids is 4. The number of urea groups is 1. The van der Waals surface area contributed by atoms with Gasteiger partial charge in [-0.05, 0) is 41.7 Å². The first-order valence-electron chi connectivity index (χ1n) is 14.9. The van der Waals surface area contributed by atoms with E-state index in [1.54, 1.807) is 12.1 Å². The minimum absolute atomic E-state index is 0.105. The number of phenolic OH excluding ortho intramolecular Hbond substituents is 1. The molecular formula is C33H40BrN7O5. The number of phenols is 1. The molecule has 0 spiro atoms. The molecule has 0 heterocycles. The number of hydrogen-bond acceptors (Lipinski definition) is 6. The van der Waals surface area contributed by atoms with E-state index in [9.17, 15) is 24.3 Å². The largest absolute Gasteiger partial charge is 0.508 e. The van der Waals surface area contributed by atoms with Crippen molar-refractivity contribution in [3.05, 3.63) is 102 Å². The Morgan fingerprint density at radius 2 is 1.41 bits per heavy atom. The maximum Gasteiger partial charge on any atom is 0.321 e. The number of halogens is 1. The Morgan fingerprint density at radius 3 is 2.02 bits per heavy atom. The van der Waals surface area contributed by atoms with Crippen LogP contribution in [0.4, 0.5) is 4.79 Å². The number of alkyl halides is 1. The molecule has 0 bridgehead atoms. The normalized spacial score (nSPS) is 11.7. The van der Waals surface area contributed by atoms with Crippen LogP contribution >= 0.6 is 15.9 Å². The van der Waals surface area contributed by atoms with Crippen LogP contribution in [-0.4, -0.2) is 65.8 Å². The summed E-state index contributed by atoms with van der Waals surface area (Å²) in [5.74, 6) is -1.45. The Bertz CT molecular complexity index is 1400. The second-order valence-electron chi connectivity index (χ2n) is 10.3. The van der Waals surface area contributed by atoms with Crippen LogP contribution in [-0.2, 0) is 20.9 Å². The summed E-state index contributed by atoms with van der Waals surface area (Å²) in [7, 11) is 0. The maximum atomic E-state index is 13.8. The first-order valence-corrected chi connectivity index (χ1v) is 16.0. The molecule has 1 atom stereocenters. The van der Waals surface area contributed by atoms with Gasteiger partial charge in [0.05, 0.1) is 5.92 Å². The van der Waals surface area contributed by atoms with Crippen LogP contribution in [0.3, 0.4) is 0 Å². The van der Waals surface area contributed by atoms with E-state index in [2.05, 4.69) is 47.5 Å². The van der Waals surface area contributed by atoms with E-state index in [0.717, 1.165) is 16.7 Å². The van der Waals surface area contributed by atoms with E-state index < -0.39 is 18.0 Å². The van der Waals surface area contributed by atoms with Gasteiger partial charge in [-0.2, -0.15) is 0 Å². The SMILES string of the molecule is NC(=NCCC[C@@H](NC(=O)C(c1ccccc1)c1ccccc1)C(=O)NCc1ccc(O)cc1)NC(=O)NCCNC(=O)CCBr. The van der Waals surface area contributed by atoms with Crippen LogP contribution in [0.5, 0.6) is 5.75 Å². The van der Waals surface area contributed by atoms with Crippen molar-refractivity contribution in [3.63, 3.8) is 0 Å². The third kappa shape index (κ3) is 12.6. The van der Waals surface area contributed by atoms with Gasteiger partial charge in [0.2, 0.25) is 17.7 Å². The molecule has 244 valence electrons. The topological polar surface area (TPSA) is 187 Å². The first kappa shape index (κ1) is 35.6. The molecule has 0 radical (unpaired) electrons. The highest BCUT2D eigenvalue weighted by Crippen LogP contribution is 2.25. The molecule has 13 heteroatoms. The number of hydrogen-bond donors (Lipinski definition) is 7. The van der Waals surface area contributed by atoms with Gasteiger partial charge in [0.25, 0.3) is 0 Å². The molecule has 3 aromatic carbocycles. The Labute approximate surface area is 276 Å². The van der Waals surface area contributed by atoms with Crippen LogP contribution in [0.15, 0.2) is 89.9 Å². The smallest absolute Gasteiger partial charge is 0.321 e. The molecule has 0 saturated carbocycles. The quantitative estimate of drug-likeness (QED) is 0.0523. The molecule has 5 amide bonds. The lowest BCUT2D eigenvalue weighted by Crippen LogP contribution is -2.48. The number of aliphatic imine (C=N–C) groups is 1. The lowest BCUT2D eigenvalue weighted by atomic mass is 9.90. The van der Waals surface area contributed by atoms with Gasteiger partial charge >= 0.3 is 6.03 Å². The van der Waals surface area contributed by atoms with Crippen molar-refractivity contribution in [1.82, 2.24) is 26.6 Å². The van der Waals surface area contributed by atoms with Gasteiger partial charge < -0.3 is 32.1 Å². The summed E-state index contributed by atoms with van der Waals surface area (Å²) in [5, 5.41) is 23.6. The average molecular weight is 695 g/mol. The van der Waals surface area contributed by atoms with Gasteiger partial charge in [-0.1, -0.05) is 88.7 Å². The third-order valence-electron chi connectivity index (χ3n) is 6.79. The van der Waals surface area contributed by atoms with Crippen LogP contribution in [0, 0.1) is 0 Å². The van der Waals surface area contributed by atoms with Crippen LogP contribution in [0.2, 0.25) is 0 Å². The summed E-state index contributed by atoms with van der Waals surface area (Å²) in [4.78, 5) is 54.8. The highest BCUT2D eigenvalue weighted by molar-refractivity contribution is 9.09. The van der Waals surface area contributed by atoms with E-state index >= 15 is 0 Å². The van der Waals surface area contributed by atoms with E-state index in [-0.39, 0.29) is 62.0 Å². The van der Waals surface area contributed by atoms with Crippen molar-refractivity contribution in [2.45, 2.75) is 37.8 Å². The minimum Gasteiger partial charge on any atom is -0.508 e. The Kier molecular flexibility index (Phi) is 15.1. The second kappa shape index (κ2) is 19.5. The number of carbonyl (C=O) groups is 4. The fraction of sp³-hybridized carbons (Fsp3) is 0.303. The Balaban J connectivity index is 1.62. The van der Waals surface area contributed by atoms with Crippen LogP contribution in [0.1, 0.15) is 41.9 Å². The maximum absolute atomic E-state index is 13.8. The van der Waals surface area contributed by atoms with E-state index in [1.165, 1.54) is 12.1 Å². The van der Waals surface area contributed by atoms with Crippen molar-refractivity contribution in [3.8, 4) is 5.75 Å². The summed E-state index contributed by atoms with van der Waals surface area (Å²) < 4.78 is 0. The number of benzene rings is 3. The number of guanidine groups is 1. The van der Waals surface area contributed by atoms with Crippen molar-refractivity contribution in [2.75, 3.05) is 25.0 Å². The lowest BCUT2D eigenvalue weighted by Gasteiger charge is -2.23. The summed E-state index contributed by atoms with van der Waals surface area (Å²) in [5.41, 5.74) is 8.21. The molecule has 0 saturated heterocycles. The number of aromatic hydroxyl groups is 1. The molecule has 0 fully saturated rings. The minimum atomic E-state index is -0.882. The molecule has 8 N–H and O–H groups in total. The van der Waals surface area contributed by atoms with Gasteiger partial charge in [-0.3, -0.25) is 24.7 Å². The zero-order valence-corrected chi connectivity index (χ0v) is 27.0. The molecule has 0 aliphatic rings. The van der Waals surface area contributed by atoms with E-state index in [4.69, 9.17) is 5.73 Å². The number of nitrogens with two attached hydrogens (primary N) is 1. The van der Waals surface area contributed by atoms with Crippen molar-refractivity contribution >= 4 is 45.6 Å². The van der Waals surface area contributed by atoms with E-state index in [0.29, 0.717) is 18.2 Å². The fourth-order valence-electron chi connectivity index (χ4n) is 4.48. The molecule has 46 heavy (non-hydrogen) atoms. The molecule has 0 aromatic heterocycles. The molecule has 3 rings (SSSR count).